The van der Waals surface area contributed by atoms with Crippen molar-refractivity contribution in [1.29, 1.82) is 0 Å². The third-order valence-electron chi connectivity index (χ3n) is 2.76. The molecular weight excluding hydrogens is 340 g/mol. The van der Waals surface area contributed by atoms with Gasteiger partial charge in [0, 0.05) is 16.2 Å². The van der Waals surface area contributed by atoms with Crippen molar-refractivity contribution in [2.45, 2.75) is 16.8 Å². The summed E-state index contributed by atoms with van der Waals surface area (Å²) in [6.45, 7) is 0. The van der Waals surface area contributed by atoms with Gasteiger partial charge in [0.25, 0.3) is 0 Å². The summed E-state index contributed by atoms with van der Waals surface area (Å²) in [5, 5.41) is 11.0. The third kappa shape index (κ3) is 5.40. The predicted molar refractivity (Wildman–Crippen MR) is 71.8 cm³/mol. The van der Waals surface area contributed by atoms with E-state index in [9.17, 15) is 23.1 Å². The molecule has 22 heavy (non-hydrogen) atoms. The Morgan fingerprint density at radius 1 is 1.09 bits per heavy atom. The summed E-state index contributed by atoms with van der Waals surface area (Å²) in [6.07, 6.45) is -4.58. The van der Waals surface area contributed by atoms with E-state index in [-0.39, 0.29) is 56.3 Å². The molecule has 0 aliphatic rings. The van der Waals surface area contributed by atoms with Crippen LogP contribution in [0.15, 0.2) is 53.4 Å². The van der Waals surface area contributed by atoms with Gasteiger partial charge in [-0.15, -0.1) is 11.8 Å². The van der Waals surface area contributed by atoms with Crippen LogP contribution in [-0.4, -0.2) is 5.97 Å². The Bertz CT molecular complexity index is 645. The van der Waals surface area contributed by atoms with Gasteiger partial charge in [0.05, 0.1) is 11.5 Å². The standard InChI is InChI=1S/C15H11F3O2S.K/c16-15(17,18)11-6-7-13(12(8-11)14(19)20)21-9-10-4-2-1-3-5-10;/h1-8H,9H2,(H,19,20);/q;+1/p-1. The van der Waals surface area contributed by atoms with Crippen LogP contribution in [0.5, 0.6) is 0 Å². The Balaban J connectivity index is 0.00000242. The van der Waals surface area contributed by atoms with Crippen molar-refractivity contribution in [2.24, 2.45) is 0 Å². The number of thioether (sulfide) groups is 1. The first-order valence-corrected chi connectivity index (χ1v) is 6.96. The number of carbonyl (C=O) groups excluding carboxylic acids is 1. The molecular formula is C15H10F3KO2S. The summed E-state index contributed by atoms with van der Waals surface area (Å²) in [4.78, 5) is 11.3. The van der Waals surface area contributed by atoms with Gasteiger partial charge in [-0.2, -0.15) is 13.2 Å². The second-order valence-electron chi connectivity index (χ2n) is 4.27. The summed E-state index contributed by atoms with van der Waals surface area (Å²) in [6, 6.07) is 11.9. The summed E-state index contributed by atoms with van der Waals surface area (Å²) < 4.78 is 37.8. The maximum atomic E-state index is 12.6. The van der Waals surface area contributed by atoms with E-state index in [0.717, 1.165) is 23.4 Å². The molecule has 0 fully saturated rings. The van der Waals surface area contributed by atoms with Gasteiger partial charge in [-0.25, -0.2) is 0 Å². The molecule has 0 aliphatic heterocycles. The monoisotopic (exact) mass is 350 g/mol. The number of carboxylic acids is 1. The predicted octanol–water partition coefficient (Wildman–Crippen LogP) is 0.365. The first-order valence-electron chi connectivity index (χ1n) is 5.97. The Morgan fingerprint density at radius 2 is 1.73 bits per heavy atom. The van der Waals surface area contributed by atoms with Gasteiger partial charge in [-0.3, -0.25) is 0 Å². The second-order valence-corrected chi connectivity index (χ2v) is 5.29. The molecule has 7 heteroatoms. The molecule has 0 atom stereocenters. The first-order chi connectivity index (χ1) is 9.88. The minimum atomic E-state index is -4.58. The molecule has 0 aromatic heterocycles. The molecule has 0 amide bonds. The van der Waals surface area contributed by atoms with Crippen LogP contribution in [0.2, 0.25) is 0 Å². The smallest absolute Gasteiger partial charge is 0.545 e. The number of carbonyl (C=O) groups is 1. The number of halogens is 3. The molecule has 0 N–H and O–H groups in total. The van der Waals surface area contributed by atoms with Crippen LogP contribution in [0.4, 0.5) is 13.2 Å². The zero-order valence-electron chi connectivity index (χ0n) is 11.7. The molecule has 110 valence electrons. The third-order valence-corrected chi connectivity index (χ3v) is 3.91. The minimum absolute atomic E-state index is 0. The quantitative estimate of drug-likeness (QED) is 0.591. The van der Waals surface area contributed by atoms with Gasteiger partial charge >= 0.3 is 57.6 Å². The van der Waals surface area contributed by atoms with Gasteiger partial charge in [0.15, 0.2) is 0 Å². The van der Waals surface area contributed by atoms with Gasteiger partial charge in [-0.1, -0.05) is 30.3 Å². The Hall–Kier alpha value is -0.314. The molecule has 2 aromatic carbocycles. The van der Waals surface area contributed by atoms with Gasteiger partial charge in [0.2, 0.25) is 0 Å². The molecule has 0 bridgehead atoms. The number of carboxylic acid groups (broad SMARTS) is 1. The Morgan fingerprint density at radius 3 is 2.27 bits per heavy atom. The zero-order valence-corrected chi connectivity index (χ0v) is 15.6. The number of hydrogen-bond donors (Lipinski definition) is 0. The van der Waals surface area contributed by atoms with E-state index in [1.54, 1.807) is 0 Å². The van der Waals surface area contributed by atoms with Crippen LogP contribution in [0.3, 0.4) is 0 Å². The Kier molecular flexibility index (Phi) is 7.64. The number of rotatable bonds is 4. The van der Waals surface area contributed by atoms with Crippen molar-refractivity contribution in [3.05, 3.63) is 65.2 Å². The molecule has 0 radical (unpaired) electrons. The molecule has 0 unspecified atom stereocenters. The molecule has 0 spiro atoms. The van der Waals surface area contributed by atoms with E-state index >= 15 is 0 Å². The van der Waals surface area contributed by atoms with Crippen molar-refractivity contribution in [3.63, 3.8) is 0 Å². The molecule has 0 saturated carbocycles. The van der Waals surface area contributed by atoms with E-state index in [4.69, 9.17) is 0 Å². The second kappa shape index (κ2) is 8.51. The summed E-state index contributed by atoms with van der Waals surface area (Å²) in [7, 11) is 0. The van der Waals surface area contributed by atoms with Crippen molar-refractivity contribution in [3.8, 4) is 0 Å². The SMILES string of the molecule is O=C([O-])c1cc(C(F)(F)F)ccc1SCc1ccccc1.[K+]. The van der Waals surface area contributed by atoms with Crippen LogP contribution in [-0.2, 0) is 11.9 Å². The zero-order chi connectivity index (χ0) is 15.5. The maximum absolute atomic E-state index is 12.6. The topological polar surface area (TPSA) is 40.1 Å². The van der Waals surface area contributed by atoms with Crippen LogP contribution >= 0.6 is 11.8 Å². The fourth-order valence-electron chi connectivity index (χ4n) is 1.73. The van der Waals surface area contributed by atoms with Gasteiger partial charge in [0.1, 0.15) is 0 Å². The Labute approximate surface area is 172 Å². The van der Waals surface area contributed by atoms with E-state index < -0.39 is 23.3 Å². The van der Waals surface area contributed by atoms with Crippen LogP contribution in [0, 0.1) is 0 Å². The summed E-state index contributed by atoms with van der Waals surface area (Å²) in [5.41, 5.74) is -0.483. The molecule has 0 aliphatic carbocycles. The van der Waals surface area contributed by atoms with Crippen molar-refractivity contribution >= 4 is 17.7 Å². The van der Waals surface area contributed by atoms with Gasteiger partial charge < -0.3 is 9.90 Å². The van der Waals surface area contributed by atoms with Crippen molar-refractivity contribution in [2.75, 3.05) is 0 Å². The van der Waals surface area contributed by atoms with Crippen LogP contribution < -0.4 is 56.5 Å². The van der Waals surface area contributed by atoms with E-state index in [0.29, 0.717) is 11.8 Å². The fourth-order valence-corrected chi connectivity index (χ4v) is 2.70. The number of aromatic carboxylic acids is 1. The fraction of sp³-hybridized carbons (Fsp3) is 0.133. The molecule has 0 heterocycles. The number of alkyl halides is 3. The average molecular weight is 350 g/mol. The average Bonchev–Trinajstić information content (AvgIpc) is 2.45. The number of hydrogen-bond acceptors (Lipinski definition) is 3. The van der Waals surface area contributed by atoms with Crippen molar-refractivity contribution in [1.82, 2.24) is 0 Å². The van der Waals surface area contributed by atoms with E-state index in [1.165, 1.54) is 6.07 Å². The largest absolute Gasteiger partial charge is 1.00 e. The normalized spacial score (nSPS) is 10.9. The summed E-state index contributed by atoms with van der Waals surface area (Å²) in [5.74, 6) is -1.15. The maximum Gasteiger partial charge on any atom is 1.00 e. The van der Waals surface area contributed by atoms with Crippen molar-refractivity contribution < 1.29 is 74.5 Å². The molecule has 0 saturated heterocycles. The minimum Gasteiger partial charge on any atom is -0.545 e. The van der Waals surface area contributed by atoms with Crippen LogP contribution in [0.25, 0.3) is 0 Å². The molecule has 2 nitrogen and oxygen atoms in total. The van der Waals surface area contributed by atoms with Crippen LogP contribution in [0.1, 0.15) is 21.5 Å². The van der Waals surface area contributed by atoms with Gasteiger partial charge in [-0.05, 0) is 23.8 Å². The first kappa shape index (κ1) is 19.7. The van der Waals surface area contributed by atoms with E-state index in [1.807, 2.05) is 30.3 Å². The molecule has 2 rings (SSSR count). The van der Waals surface area contributed by atoms with E-state index in [2.05, 4.69) is 0 Å². The number of benzene rings is 2. The molecule has 2 aromatic rings. The summed E-state index contributed by atoms with van der Waals surface area (Å²) >= 11 is 1.16.